The van der Waals surface area contributed by atoms with E-state index in [4.69, 9.17) is 4.52 Å². The second kappa shape index (κ2) is 7.71. The molecule has 2 aromatic rings. The summed E-state index contributed by atoms with van der Waals surface area (Å²) in [6, 6.07) is 8.28. The van der Waals surface area contributed by atoms with Crippen LogP contribution in [0.15, 0.2) is 33.3 Å². The molecule has 0 bridgehead atoms. The van der Waals surface area contributed by atoms with Gasteiger partial charge in [0.1, 0.15) is 0 Å². The lowest BCUT2D eigenvalue weighted by Crippen LogP contribution is -2.36. The molecule has 0 radical (unpaired) electrons. The largest absolute Gasteiger partial charge is 0.339 e. The highest BCUT2D eigenvalue weighted by atomic mass is 79.9. The third kappa shape index (κ3) is 4.64. The van der Waals surface area contributed by atoms with Crippen LogP contribution in [-0.4, -0.2) is 22.7 Å². The molecule has 4 nitrogen and oxygen atoms in total. The van der Waals surface area contributed by atoms with Gasteiger partial charge in [0.2, 0.25) is 11.7 Å². The topological polar surface area (TPSA) is 51.0 Å². The van der Waals surface area contributed by atoms with E-state index in [1.807, 2.05) is 24.3 Å². The van der Waals surface area contributed by atoms with Crippen LogP contribution in [0.25, 0.3) is 11.4 Å². The molecule has 1 aromatic heterocycles. The fourth-order valence-corrected chi connectivity index (χ4v) is 2.54. The molecule has 0 saturated carbocycles. The molecule has 2 rings (SSSR count). The lowest BCUT2D eigenvalue weighted by molar-refractivity contribution is 0.326. The molecular weight excluding hydrogens is 330 g/mol. The molecule has 0 aliphatic carbocycles. The number of benzene rings is 1. The molecule has 21 heavy (non-hydrogen) atoms. The molecule has 0 aliphatic rings. The molecule has 1 N–H and O–H groups in total. The Morgan fingerprint density at radius 3 is 2.81 bits per heavy atom. The summed E-state index contributed by atoms with van der Waals surface area (Å²) >= 11 is 3.46. The number of nitrogens with zero attached hydrogens (tertiary/aromatic N) is 2. The van der Waals surface area contributed by atoms with Gasteiger partial charge in [0.05, 0.1) is 0 Å². The van der Waals surface area contributed by atoms with Gasteiger partial charge >= 0.3 is 0 Å². The van der Waals surface area contributed by atoms with Gasteiger partial charge in [-0.1, -0.05) is 54.0 Å². The third-order valence-corrected chi connectivity index (χ3v) is 3.90. The summed E-state index contributed by atoms with van der Waals surface area (Å²) in [6.45, 7) is 7.59. The van der Waals surface area contributed by atoms with E-state index in [0.29, 0.717) is 23.7 Å². The maximum Gasteiger partial charge on any atom is 0.228 e. The molecule has 0 amide bonds. The van der Waals surface area contributed by atoms with Crippen LogP contribution >= 0.6 is 15.9 Å². The van der Waals surface area contributed by atoms with Crippen LogP contribution in [-0.2, 0) is 6.42 Å². The molecular formula is C16H22BrN3O. The number of hydrogen-bond acceptors (Lipinski definition) is 4. The molecule has 5 heteroatoms. The standard InChI is InChI=1S/C16H22BrN3O/c1-4-8-18-14(11(2)3)10-15-19-16(20-21-15)12-6-5-7-13(17)9-12/h5-7,9,11,14,18H,4,8,10H2,1-3H3. The van der Waals surface area contributed by atoms with Crippen molar-refractivity contribution in [2.75, 3.05) is 6.54 Å². The maximum atomic E-state index is 5.40. The molecule has 114 valence electrons. The van der Waals surface area contributed by atoms with Gasteiger partial charge in [-0.3, -0.25) is 0 Å². The van der Waals surface area contributed by atoms with Crippen LogP contribution in [0.5, 0.6) is 0 Å². The predicted octanol–water partition coefficient (Wildman–Crippen LogP) is 4.07. The van der Waals surface area contributed by atoms with Gasteiger partial charge in [-0.25, -0.2) is 0 Å². The first kappa shape index (κ1) is 16.2. The maximum absolute atomic E-state index is 5.40. The van der Waals surface area contributed by atoms with Crippen molar-refractivity contribution < 1.29 is 4.52 Å². The normalized spacial score (nSPS) is 12.8. The van der Waals surface area contributed by atoms with Gasteiger partial charge < -0.3 is 9.84 Å². The van der Waals surface area contributed by atoms with Crippen molar-refractivity contribution in [3.63, 3.8) is 0 Å². The monoisotopic (exact) mass is 351 g/mol. The van der Waals surface area contributed by atoms with E-state index < -0.39 is 0 Å². The summed E-state index contributed by atoms with van der Waals surface area (Å²) in [7, 11) is 0. The molecule has 0 aliphatic heterocycles. The average Bonchev–Trinajstić information content (AvgIpc) is 2.91. The molecule has 0 spiro atoms. The second-order valence-corrected chi connectivity index (χ2v) is 6.45. The zero-order valence-electron chi connectivity index (χ0n) is 12.8. The van der Waals surface area contributed by atoms with Crippen LogP contribution in [0.3, 0.4) is 0 Å². The Balaban J connectivity index is 2.08. The number of halogens is 1. The van der Waals surface area contributed by atoms with Crippen LogP contribution in [0.2, 0.25) is 0 Å². The second-order valence-electron chi connectivity index (χ2n) is 5.53. The Morgan fingerprint density at radius 2 is 2.14 bits per heavy atom. The van der Waals surface area contributed by atoms with Crippen molar-refractivity contribution in [2.24, 2.45) is 5.92 Å². The number of aromatic nitrogens is 2. The zero-order chi connectivity index (χ0) is 15.2. The summed E-state index contributed by atoms with van der Waals surface area (Å²) < 4.78 is 6.41. The Labute approximate surface area is 134 Å². The molecule has 0 saturated heterocycles. The summed E-state index contributed by atoms with van der Waals surface area (Å²) in [6.07, 6.45) is 1.88. The van der Waals surface area contributed by atoms with Crippen molar-refractivity contribution in [1.29, 1.82) is 0 Å². The van der Waals surface area contributed by atoms with Gasteiger partial charge in [0, 0.05) is 22.5 Å². The zero-order valence-corrected chi connectivity index (χ0v) is 14.4. The Morgan fingerprint density at radius 1 is 1.33 bits per heavy atom. The van der Waals surface area contributed by atoms with Crippen molar-refractivity contribution >= 4 is 15.9 Å². The molecule has 1 heterocycles. The fourth-order valence-electron chi connectivity index (χ4n) is 2.14. The van der Waals surface area contributed by atoms with Gasteiger partial charge in [-0.15, -0.1) is 0 Å². The average molecular weight is 352 g/mol. The van der Waals surface area contributed by atoms with E-state index in [1.54, 1.807) is 0 Å². The first-order valence-electron chi connectivity index (χ1n) is 7.42. The lowest BCUT2D eigenvalue weighted by Gasteiger charge is -2.20. The van der Waals surface area contributed by atoms with E-state index in [0.717, 1.165) is 29.4 Å². The van der Waals surface area contributed by atoms with Crippen LogP contribution in [0.4, 0.5) is 0 Å². The van der Waals surface area contributed by atoms with E-state index >= 15 is 0 Å². The van der Waals surface area contributed by atoms with E-state index in [9.17, 15) is 0 Å². The van der Waals surface area contributed by atoms with Gasteiger partial charge in [0.25, 0.3) is 0 Å². The summed E-state index contributed by atoms with van der Waals surface area (Å²) in [5.74, 6) is 1.86. The van der Waals surface area contributed by atoms with Gasteiger partial charge in [-0.05, 0) is 31.0 Å². The summed E-state index contributed by atoms with van der Waals surface area (Å²) in [5.41, 5.74) is 0.960. The van der Waals surface area contributed by atoms with Gasteiger partial charge in [0.15, 0.2) is 0 Å². The molecule has 1 aromatic carbocycles. The minimum absolute atomic E-state index is 0.362. The SMILES string of the molecule is CCCNC(Cc1nc(-c2cccc(Br)c2)no1)C(C)C. The first-order chi connectivity index (χ1) is 10.1. The molecule has 1 unspecified atom stereocenters. The minimum atomic E-state index is 0.362. The van der Waals surface area contributed by atoms with E-state index in [2.05, 4.69) is 52.2 Å². The highest BCUT2D eigenvalue weighted by molar-refractivity contribution is 9.10. The predicted molar refractivity (Wildman–Crippen MR) is 88.1 cm³/mol. The van der Waals surface area contributed by atoms with Crippen molar-refractivity contribution in [3.05, 3.63) is 34.6 Å². The highest BCUT2D eigenvalue weighted by Gasteiger charge is 2.17. The van der Waals surface area contributed by atoms with E-state index in [1.165, 1.54) is 0 Å². The van der Waals surface area contributed by atoms with E-state index in [-0.39, 0.29) is 0 Å². The Kier molecular flexibility index (Phi) is 5.94. The van der Waals surface area contributed by atoms with Crippen molar-refractivity contribution in [1.82, 2.24) is 15.5 Å². The number of hydrogen-bond donors (Lipinski definition) is 1. The lowest BCUT2D eigenvalue weighted by atomic mass is 10.0. The fraction of sp³-hybridized carbons (Fsp3) is 0.500. The third-order valence-electron chi connectivity index (χ3n) is 3.41. The minimum Gasteiger partial charge on any atom is -0.339 e. The highest BCUT2D eigenvalue weighted by Crippen LogP contribution is 2.21. The number of nitrogens with one attached hydrogen (secondary N) is 1. The van der Waals surface area contributed by atoms with Gasteiger partial charge in [-0.2, -0.15) is 4.98 Å². The van der Waals surface area contributed by atoms with Crippen molar-refractivity contribution in [2.45, 2.75) is 39.7 Å². The smallest absolute Gasteiger partial charge is 0.228 e. The quantitative estimate of drug-likeness (QED) is 0.816. The Bertz CT molecular complexity index is 568. The Hall–Kier alpha value is -1.20. The summed E-state index contributed by atoms with van der Waals surface area (Å²) in [4.78, 5) is 4.51. The van der Waals surface area contributed by atoms with Crippen LogP contribution < -0.4 is 5.32 Å². The first-order valence-corrected chi connectivity index (χ1v) is 8.21. The number of rotatable bonds is 7. The summed E-state index contributed by atoms with van der Waals surface area (Å²) in [5, 5.41) is 7.63. The van der Waals surface area contributed by atoms with Crippen LogP contribution in [0, 0.1) is 5.92 Å². The van der Waals surface area contributed by atoms with Crippen molar-refractivity contribution in [3.8, 4) is 11.4 Å². The molecule has 1 atom stereocenters. The van der Waals surface area contributed by atoms with Crippen LogP contribution in [0.1, 0.15) is 33.1 Å². The molecule has 0 fully saturated rings.